The molecule has 0 radical (unpaired) electrons. The molecule has 9 rings (SSSR count). The van der Waals surface area contributed by atoms with Crippen molar-refractivity contribution in [2.24, 2.45) is 17.8 Å². The van der Waals surface area contributed by atoms with E-state index in [1.807, 2.05) is 86.6 Å². The standard InChI is InChI=1S/C57H58N2O5Si/c1-38-32-40(33-39(2)54(38)60)34-42(41-18-10-6-11-19-41)26-31-51-52-43(36-64-65(57(3,4)5,47-22-14-8-15-23-47)48-24-16-9-17-25-48)35-49-53(50(52)37-63-51)56(62)59(55(49)61)46-29-27-45(28-30-46)58-44-20-12-7-13-21-44/h6-25,27-30,32-34,49-51,53,58,60H,26,31,35-37H2,1-5H3/b42-34-/t49-,50+,51-,53-/m1/s1. The van der Waals surface area contributed by atoms with Gasteiger partial charge in [-0.3, -0.25) is 14.5 Å². The molecule has 6 aromatic carbocycles. The number of anilines is 3. The second kappa shape index (κ2) is 18.3. The first-order chi connectivity index (χ1) is 31.4. The molecule has 4 atom stereocenters. The molecule has 2 amide bonds. The Morgan fingerprint density at radius 1 is 0.754 bits per heavy atom. The minimum absolute atomic E-state index is 0.162. The smallest absolute Gasteiger partial charge is 0.261 e. The molecular weight excluding hydrogens is 821 g/mol. The van der Waals surface area contributed by atoms with Crippen LogP contribution in [0.2, 0.25) is 5.04 Å². The number of amides is 2. The SMILES string of the molecule is Cc1cc(/C=C(/CC[C@H]2OC[C@H]3C2=C(CO[Si](c2ccccc2)(c2ccccc2)C(C)(C)C)C[C@H]2C(=O)N(c4ccc(Nc5ccccc5)cc4)C(=O)[C@H]23)c2ccccc2)cc(C)c1O. The Balaban J connectivity index is 1.08. The van der Waals surface area contributed by atoms with Crippen LogP contribution in [0.25, 0.3) is 11.6 Å². The Hall–Kier alpha value is -6.32. The third-order valence-corrected chi connectivity index (χ3v) is 18.7. The first-order valence-corrected chi connectivity index (χ1v) is 24.8. The second-order valence-corrected chi connectivity index (χ2v) is 23.2. The maximum atomic E-state index is 14.8. The van der Waals surface area contributed by atoms with Gasteiger partial charge in [0.05, 0.1) is 36.8 Å². The Labute approximate surface area is 384 Å². The van der Waals surface area contributed by atoms with Gasteiger partial charge in [-0.05, 0) is 136 Å². The van der Waals surface area contributed by atoms with Crippen LogP contribution in [0.15, 0.2) is 169 Å². The summed E-state index contributed by atoms with van der Waals surface area (Å²) in [5.74, 6) is -1.33. The van der Waals surface area contributed by atoms with Crippen molar-refractivity contribution in [2.45, 2.75) is 65.0 Å². The van der Waals surface area contributed by atoms with Crippen molar-refractivity contribution in [1.29, 1.82) is 0 Å². The number of phenols is 1. The van der Waals surface area contributed by atoms with Crippen molar-refractivity contribution in [1.82, 2.24) is 0 Å². The van der Waals surface area contributed by atoms with Gasteiger partial charge >= 0.3 is 0 Å². The van der Waals surface area contributed by atoms with Crippen LogP contribution in [-0.4, -0.2) is 44.6 Å². The minimum Gasteiger partial charge on any atom is -0.507 e. The number of phenolic OH excluding ortho intramolecular Hbond substituents is 1. The average molecular weight is 879 g/mol. The number of imide groups is 1. The fourth-order valence-corrected chi connectivity index (χ4v) is 15.3. The summed E-state index contributed by atoms with van der Waals surface area (Å²) >= 11 is 0. The van der Waals surface area contributed by atoms with Gasteiger partial charge < -0.3 is 19.6 Å². The number of benzene rings is 6. The lowest BCUT2D eigenvalue weighted by molar-refractivity contribution is -0.122. The van der Waals surface area contributed by atoms with Crippen LogP contribution >= 0.6 is 0 Å². The Morgan fingerprint density at radius 2 is 1.31 bits per heavy atom. The van der Waals surface area contributed by atoms with Gasteiger partial charge in [0, 0.05) is 17.3 Å². The Bertz CT molecular complexity index is 2670. The first kappa shape index (κ1) is 43.9. The summed E-state index contributed by atoms with van der Waals surface area (Å²) in [6, 6.07) is 53.3. The zero-order chi connectivity index (χ0) is 45.3. The highest BCUT2D eigenvalue weighted by molar-refractivity contribution is 6.99. The summed E-state index contributed by atoms with van der Waals surface area (Å²) < 4.78 is 14.5. The third kappa shape index (κ3) is 8.54. The molecule has 2 N–H and O–H groups in total. The van der Waals surface area contributed by atoms with E-state index in [1.54, 1.807) is 0 Å². The van der Waals surface area contributed by atoms with Gasteiger partial charge in [0.1, 0.15) is 5.75 Å². The van der Waals surface area contributed by atoms with E-state index in [2.05, 4.69) is 117 Å². The van der Waals surface area contributed by atoms with Crippen LogP contribution in [0.4, 0.5) is 17.1 Å². The first-order valence-electron chi connectivity index (χ1n) is 22.9. The number of hydrogen-bond donors (Lipinski definition) is 2. The van der Waals surface area contributed by atoms with E-state index in [0.29, 0.717) is 43.9 Å². The maximum Gasteiger partial charge on any atom is 0.261 e. The summed E-state index contributed by atoms with van der Waals surface area (Å²) in [5.41, 5.74) is 9.58. The van der Waals surface area contributed by atoms with Crippen molar-refractivity contribution in [3.8, 4) is 5.75 Å². The highest BCUT2D eigenvalue weighted by atomic mass is 28.4. The highest BCUT2D eigenvalue weighted by Gasteiger charge is 2.58. The zero-order valence-electron chi connectivity index (χ0n) is 38.0. The van der Waals surface area contributed by atoms with Crippen molar-refractivity contribution in [2.75, 3.05) is 23.4 Å². The van der Waals surface area contributed by atoms with Crippen LogP contribution in [-0.2, 0) is 18.8 Å². The number of hydrogen-bond acceptors (Lipinski definition) is 6. The molecule has 0 spiro atoms. The molecule has 2 fully saturated rings. The number of nitrogens with zero attached hydrogens (tertiary/aromatic N) is 1. The molecule has 0 saturated carbocycles. The van der Waals surface area contributed by atoms with E-state index in [-0.39, 0.29) is 28.9 Å². The normalized spacial score (nSPS) is 20.0. The number of carbonyl (C=O) groups is 2. The molecule has 330 valence electrons. The van der Waals surface area contributed by atoms with Gasteiger partial charge in [-0.2, -0.15) is 0 Å². The van der Waals surface area contributed by atoms with Crippen molar-refractivity contribution >= 4 is 59.2 Å². The molecule has 2 heterocycles. The van der Waals surface area contributed by atoms with Crippen LogP contribution < -0.4 is 20.6 Å². The minimum atomic E-state index is -2.97. The Kier molecular flexibility index (Phi) is 12.3. The summed E-state index contributed by atoms with van der Waals surface area (Å²) in [6.45, 7) is 11.4. The molecule has 2 saturated heterocycles. The number of carbonyl (C=O) groups excluding carboxylic acids is 2. The molecule has 1 aliphatic carbocycles. The largest absolute Gasteiger partial charge is 0.507 e. The van der Waals surface area contributed by atoms with Gasteiger partial charge in [0.25, 0.3) is 8.32 Å². The van der Waals surface area contributed by atoms with Gasteiger partial charge in [-0.1, -0.05) is 136 Å². The average Bonchev–Trinajstić information content (AvgIpc) is 3.85. The maximum absolute atomic E-state index is 14.8. The molecular formula is C57H58N2O5Si. The molecule has 8 heteroatoms. The lowest BCUT2D eigenvalue weighted by Gasteiger charge is -2.44. The summed E-state index contributed by atoms with van der Waals surface area (Å²) in [4.78, 5) is 31.0. The van der Waals surface area contributed by atoms with Crippen molar-refractivity contribution < 1.29 is 23.9 Å². The lowest BCUT2D eigenvalue weighted by atomic mass is 9.69. The number of allylic oxidation sites excluding steroid dienone is 1. The Morgan fingerprint density at radius 3 is 1.89 bits per heavy atom. The molecule has 6 aromatic rings. The molecule has 0 unspecified atom stereocenters. The van der Waals surface area contributed by atoms with Gasteiger partial charge in [-0.15, -0.1) is 0 Å². The number of fused-ring (bicyclic) bond motifs is 3. The number of aromatic hydroxyl groups is 1. The van der Waals surface area contributed by atoms with Crippen LogP contribution in [0.3, 0.4) is 0 Å². The molecule has 3 aliphatic rings. The van der Waals surface area contributed by atoms with E-state index < -0.39 is 20.2 Å². The van der Waals surface area contributed by atoms with Gasteiger partial charge in [0.2, 0.25) is 11.8 Å². The number of ether oxygens (including phenoxy) is 1. The van der Waals surface area contributed by atoms with Gasteiger partial charge in [-0.25, -0.2) is 0 Å². The quantitative estimate of drug-likeness (QED) is 0.0520. The van der Waals surface area contributed by atoms with E-state index >= 15 is 0 Å². The predicted octanol–water partition coefficient (Wildman–Crippen LogP) is 11.2. The highest BCUT2D eigenvalue weighted by Crippen LogP contribution is 2.51. The van der Waals surface area contributed by atoms with Crippen LogP contribution in [0, 0.1) is 31.6 Å². The molecule has 0 bridgehead atoms. The number of para-hydroxylation sites is 1. The number of rotatable bonds is 13. The number of nitrogens with one attached hydrogen (secondary N) is 1. The zero-order valence-corrected chi connectivity index (χ0v) is 39.0. The molecule has 0 aromatic heterocycles. The molecule has 65 heavy (non-hydrogen) atoms. The van der Waals surface area contributed by atoms with E-state index in [4.69, 9.17) is 9.16 Å². The van der Waals surface area contributed by atoms with Crippen LogP contribution in [0.1, 0.15) is 62.3 Å². The number of aryl methyl sites for hydroxylation is 2. The summed E-state index contributed by atoms with van der Waals surface area (Å²) in [6.07, 6.45) is 3.77. The van der Waals surface area contributed by atoms with Gasteiger partial charge in [0.15, 0.2) is 0 Å². The van der Waals surface area contributed by atoms with E-state index in [0.717, 1.165) is 50.3 Å². The summed E-state index contributed by atoms with van der Waals surface area (Å²) in [7, 11) is -2.97. The second-order valence-electron chi connectivity index (χ2n) is 18.9. The predicted molar refractivity (Wildman–Crippen MR) is 265 cm³/mol. The molecule has 2 aliphatic heterocycles. The fourth-order valence-electron chi connectivity index (χ4n) is 10.7. The third-order valence-electron chi connectivity index (χ3n) is 13.8. The monoisotopic (exact) mass is 878 g/mol. The topological polar surface area (TPSA) is 88.1 Å². The fraction of sp³-hybridized carbons (Fsp3) is 0.263. The van der Waals surface area contributed by atoms with E-state index in [9.17, 15) is 14.7 Å². The van der Waals surface area contributed by atoms with Crippen LogP contribution in [0.5, 0.6) is 5.75 Å². The molecule has 7 nitrogen and oxygen atoms in total. The van der Waals surface area contributed by atoms with Crippen molar-refractivity contribution in [3.05, 3.63) is 191 Å². The lowest BCUT2D eigenvalue weighted by Crippen LogP contribution is -2.66. The summed E-state index contributed by atoms with van der Waals surface area (Å²) in [5, 5.41) is 16.1. The van der Waals surface area contributed by atoms with E-state index in [1.165, 1.54) is 15.3 Å². The van der Waals surface area contributed by atoms with Crippen molar-refractivity contribution in [3.63, 3.8) is 0 Å².